The summed E-state index contributed by atoms with van der Waals surface area (Å²) < 4.78 is 13.0. The highest BCUT2D eigenvalue weighted by molar-refractivity contribution is 5.94. The molecule has 0 spiro atoms. The van der Waals surface area contributed by atoms with Gasteiger partial charge in [0, 0.05) is 31.7 Å². The Morgan fingerprint density at radius 3 is 2.15 bits per heavy atom. The Morgan fingerprint density at radius 2 is 1.50 bits per heavy atom. The molecule has 1 aromatic carbocycles. The number of carbonyl (C=O) groups excluding carboxylic acids is 2. The number of rotatable bonds is 3. The fraction of sp³-hybridized carbons (Fsp3) is 0.526. The SMILES string of the molecule is O=C(O)[C@H]1CCCN(C(=O)C2CCCN(C(=O)c3ccc(F)cc3)C2)C1. The van der Waals surface area contributed by atoms with Crippen molar-refractivity contribution in [1.29, 1.82) is 0 Å². The molecule has 26 heavy (non-hydrogen) atoms. The number of carboxylic acids is 1. The number of nitrogens with zero attached hydrogens (tertiary/aromatic N) is 2. The summed E-state index contributed by atoms with van der Waals surface area (Å²) in [5, 5.41) is 9.19. The smallest absolute Gasteiger partial charge is 0.308 e. The van der Waals surface area contributed by atoms with E-state index in [4.69, 9.17) is 0 Å². The minimum absolute atomic E-state index is 0.0624. The summed E-state index contributed by atoms with van der Waals surface area (Å²) in [7, 11) is 0. The maximum Gasteiger partial charge on any atom is 0.308 e. The van der Waals surface area contributed by atoms with Crippen LogP contribution in [0.3, 0.4) is 0 Å². The van der Waals surface area contributed by atoms with Gasteiger partial charge in [0.25, 0.3) is 5.91 Å². The minimum Gasteiger partial charge on any atom is -0.481 e. The lowest BCUT2D eigenvalue weighted by Gasteiger charge is -2.37. The second-order valence-corrected chi connectivity index (χ2v) is 7.06. The Morgan fingerprint density at radius 1 is 0.923 bits per heavy atom. The van der Waals surface area contributed by atoms with Gasteiger partial charge in [-0.1, -0.05) is 0 Å². The van der Waals surface area contributed by atoms with Gasteiger partial charge in [-0.25, -0.2) is 4.39 Å². The molecule has 2 saturated heterocycles. The van der Waals surface area contributed by atoms with Gasteiger partial charge in [0.1, 0.15) is 5.82 Å². The zero-order chi connectivity index (χ0) is 18.7. The van der Waals surface area contributed by atoms with E-state index in [0.717, 1.165) is 6.42 Å². The summed E-state index contributed by atoms with van der Waals surface area (Å²) in [6.07, 6.45) is 2.70. The van der Waals surface area contributed by atoms with Crippen molar-refractivity contribution >= 4 is 17.8 Å². The predicted octanol–water partition coefficient (Wildman–Crippen LogP) is 2.00. The number of likely N-dealkylation sites (tertiary alicyclic amines) is 2. The zero-order valence-electron chi connectivity index (χ0n) is 14.6. The van der Waals surface area contributed by atoms with Gasteiger partial charge in [0.15, 0.2) is 0 Å². The van der Waals surface area contributed by atoms with Crippen molar-refractivity contribution in [3.05, 3.63) is 35.6 Å². The summed E-state index contributed by atoms with van der Waals surface area (Å²) in [6, 6.07) is 5.40. The average molecular weight is 362 g/mol. The van der Waals surface area contributed by atoms with Crippen molar-refractivity contribution in [2.24, 2.45) is 11.8 Å². The first-order valence-electron chi connectivity index (χ1n) is 9.02. The maximum atomic E-state index is 13.0. The van der Waals surface area contributed by atoms with E-state index in [1.165, 1.54) is 24.3 Å². The van der Waals surface area contributed by atoms with Gasteiger partial charge in [0.2, 0.25) is 5.91 Å². The number of carbonyl (C=O) groups is 3. The molecule has 1 N–H and O–H groups in total. The van der Waals surface area contributed by atoms with Crippen LogP contribution in [0.25, 0.3) is 0 Å². The molecule has 0 saturated carbocycles. The number of hydrogen-bond donors (Lipinski definition) is 1. The first kappa shape index (κ1) is 18.4. The molecule has 140 valence electrons. The van der Waals surface area contributed by atoms with Crippen LogP contribution in [0.1, 0.15) is 36.0 Å². The van der Waals surface area contributed by atoms with E-state index in [-0.39, 0.29) is 24.3 Å². The molecule has 2 fully saturated rings. The molecule has 1 aromatic rings. The molecule has 2 heterocycles. The van der Waals surface area contributed by atoms with Crippen LogP contribution in [-0.2, 0) is 9.59 Å². The van der Waals surface area contributed by atoms with Crippen molar-refractivity contribution in [3.63, 3.8) is 0 Å². The fourth-order valence-electron chi connectivity index (χ4n) is 3.78. The third kappa shape index (κ3) is 4.03. The number of halogens is 1. The molecular weight excluding hydrogens is 339 g/mol. The first-order chi connectivity index (χ1) is 12.5. The van der Waals surface area contributed by atoms with Crippen LogP contribution < -0.4 is 0 Å². The quantitative estimate of drug-likeness (QED) is 0.892. The number of piperidine rings is 2. The Balaban J connectivity index is 1.64. The predicted molar refractivity (Wildman–Crippen MR) is 92.0 cm³/mol. The molecular formula is C19H23FN2O4. The summed E-state index contributed by atoms with van der Waals surface area (Å²) in [5.41, 5.74) is 0.406. The normalized spacial score (nSPS) is 23.6. The topological polar surface area (TPSA) is 77.9 Å². The Bertz CT molecular complexity index is 691. The van der Waals surface area contributed by atoms with Crippen molar-refractivity contribution < 1.29 is 23.9 Å². The first-order valence-corrected chi connectivity index (χ1v) is 9.02. The number of amides is 2. The van der Waals surface area contributed by atoms with Crippen LogP contribution in [0.15, 0.2) is 24.3 Å². The summed E-state index contributed by atoms with van der Waals surface area (Å²) in [5.74, 6) is -2.34. The monoisotopic (exact) mass is 362 g/mol. The number of aliphatic carboxylic acids is 1. The highest BCUT2D eigenvalue weighted by Gasteiger charge is 2.35. The molecule has 2 atom stereocenters. The van der Waals surface area contributed by atoms with Crippen molar-refractivity contribution in [2.45, 2.75) is 25.7 Å². The third-order valence-electron chi connectivity index (χ3n) is 5.23. The molecule has 2 aliphatic heterocycles. The van der Waals surface area contributed by atoms with Gasteiger partial charge < -0.3 is 14.9 Å². The van der Waals surface area contributed by atoms with Crippen LogP contribution in [0.5, 0.6) is 0 Å². The van der Waals surface area contributed by atoms with Crippen molar-refractivity contribution in [1.82, 2.24) is 9.80 Å². The Kier molecular flexibility index (Phi) is 5.54. The lowest BCUT2D eigenvalue weighted by molar-refractivity contribution is -0.147. The molecule has 7 heteroatoms. The number of hydrogen-bond acceptors (Lipinski definition) is 3. The van der Waals surface area contributed by atoms with E-state index in [0.29, 0.717) is 44.5 Å². The summed E-state index contributed by atoms with van der Waals surface area (Å²) >= 11 is 0. The van der Waals surface area contributed by atoms with E-state index >= 15 is 0 Å². The molecule has 2 aliphatic rings. The number of carboxylic acid groups (broad SMARTS) is 1. The second kappa shape index (κ2) is 7.85. The Labute approximate surface area is 151 Å². The molecule has 3 rings (SSSR count). The summed E-state index contributed by atoms with van der Waals surface area (Å²) in [6.45, 7) is 1.71. The lowest BCUT2D eigenvalue weighted by atomic mass is 9.92. The van der Waals surface area contributed by atoms with Crippen LogP contribution >= 0.6 is 0 Å². The summed E-state index contributed by atoms with van der Waals surface area (Å²) in [4.78, 5) is 39.9. The highest BCUT2D eigenvalue weighted by Crippen LogP contribution is 2.24. The van der Waals surface area contributed by atoms with Gasteiger partial charge >= 0.3 is 5.97 Å². The molecule has 0 bridgehead atoms. The largest absolute Gasteiger partial charge is 0.481 e. The molecule has 6 nitrogen and oxygen atoms in total. The molecule has 0 aromatic heterocycles. The minimum atomic E-state index is -0.862. The van der Waals surface area contributed by atoms with E-state index < -0.39 is 17.7 Å². The van der Waals surface area contributed by atoms with E-state index in [1.807, 2.05) is 0 Å². The Hall–Kier alpha value is -2.44. The molecule has 2 amide bonds. The average Bonchev–Trinajstić information content (AvgIpc) is 2.67. The molecule has 0 aliphatic carbocycles. The van der Waals surface area contributed by atoms with Gasteiger partial charge in [-0.15, -0.1) is 0 Å². The van der Waals surface area contributed by atoms with Gasteiger partial charge in [-0.2, -0.15) is 0 Å². The lowest BCUT2D eigenvalue weighted by Crippen LogP contribution is -2.50. The maximum absolute atomic E-state index is 13.0. The number of benzene rings is 1. The van der Waals surface area contributed by atoms with Crippen LogP contribution in [-0.4, -0.2) is 58.9 Å². The highest BCUT2D eigenvalue weighted by atomic mass is 19.1. The van der Waals surface area contributed by atoms with Crippen LogP contribution in [0, 0.1) is 17.7 Å². The third-order valence-corrected chi connectivity index (χ3v) is 5.23. The van der Waals surface area contributed by atoms with Gasteiger partial charge in [0.05, 0.1) is 11.8 Å². The van der Waals surface area contributed by atoms with Crippen molar-refractivity contribution in [3.8, 4) is 0 Å². The van der Waals surface area contributed by atoms with E-state index in [1.54, 1.807) is 9.80 Å². The standard InChI is InChI=1S/C19H23FN2O4/c20-16-7-5-13(6-8-16)17(23)21-9-1-3-14(11-21)18(24)22-10-2-4-15(12-22)19(25)26/h5-8,14-15H,1-4,9-12H2,(H,25,26)/t14?,15-/m0/s1. The zero-order valence-corrected chi connectivity index (χ0v) is 14.6. The van der Waals surface area contributed by atoms with Gasteiger partial charge in [-0.05, 0) is 49.9 Å². The van der Waals surface area contributed by atoms with Gasteiger partial charge in [-0.3, -0.25) is 14.4 Å². The van der Waals surface area contributed by atoms with Crippen LogP contribution in [0.2, 0.25) is 0 Å². The second-order valence-electron chi connectivity index (χ2n) is 7.06. The fourth-order valence-corrected chi connectivity index (χ4v) is 3.78. The van der Waals surface area contributed by atoms with E-state index in [9.17, 15) is 23.9 Å². The molecule has 0 radical (unpaired) electrons. The van der Waals surface area contributed by atoms with Crippen molar-refractivity contribution in [2.75, 3.05) is 26.2 Å². The van der Waals surface area contributed by atoms with Crippen LogP contribution in [0.4, 0.5) is 4.39 Å². The van der Waals surface area contributed by atoms with E-state index in [2.05, 4.69) is 0 Å². The molecule has 1 unspecified atom stereocenters.